The van der Waals surface area contributed by atoms with Crippen LogP contribution in [0, 0.1) is 5.92 Å². The van der Waals surface area contributed by atoms with Crippen LogP contribution in [0.4, 0.5) is 5.13 Å². The Morgan fingerprint density at radius 1 is 1.23 bits per heavy atom. The molecule has 0 unspecified atom stereocenters. The topological polar surface area (TPSA) is 88.6 Å². The zero-order valence-corrected chi connectivity index (χ0v) is 16.0. The summed E-state index contributed by atoms with van der Waals surface area (Å²) in [5, 5.41) is 4.98. The minimum atomic E-state index is -0.485. The molecule has 1 aromatic rings. The third-order valence-electron chi connectivity index (χ3n) is 4.89. The summed E-state index contributed by atoms with van der Waals surface area (Å²) >= 11 is 1.29. The molecule has 2 aliphatic rings. The number of thiazole rings is 1. The SMILES string of the molecule is C[C@@H]1CCC[C@@H](C)N1C(=O)COC(=O)Cc1csc(NC(=O)C2CC2)n1. The molecule has 1 N–H and O–H groups in total. The molecule has 0 bridgehead atoms. The summed E-state index contributed by atoms with van der Waals surface area (Å²) in [6.45, 7) is 3.83. The molecule has 2 amide bonds. The van der Waals surface area contributed by atoms with Gasteiger partial charge in [0.25, 0.3) is 5.91 Å². The van der Waals surface area contributed by atoms with E-state index in [1.807, 2.05) is 18.7 Å². The molecule has 1 aromatic heterocycles. The highest BCUT2D eigenvalue weighted by Crippen LogP contribution is 2.30. The Labute approximate surface area is 157 Å². The molecule has 142 valence electrons. The van der Waals surface area contributed by atoms with Crippen molar-refractivity contribution in [3.05, 3.63) is 11.1 Å². The fraction of sp³-hybridized carbons (Fsp3) is 0.667. The number of hydrogen-bond acceptors (Lipinski definition) is 6. The third kappa shape index (κ3) is 4.81. The maximum absolute atomic E-state index is 12.4. The van der Waals surface area contributed by atoms with Gasteiger partial charge in [-0.2, -0.15) is 0 Å². The lowest BCUT2D eigenvalue weighted by molar-refractivity contribution is -0.154. The number of rotatable bonds is 6. The highest BCUT2D eigenvalue weighted by molar-refractivity contribution is 7.13. The molecule has 1 saturated carbocycles. The zero-order chi connectivity index (χ0) is 18.7. The Bertz CT molecular complexity index is 676. The monoisotopic (exact) mass is 379 g/mol. The molecule has 1 aliphatic carbocycles. The Morgan fingerprint density at radius 3 is 2.58 bits per heavy atom. The van der Waals surface area contributed by atoms with Crippen molar-refractivity contribution in [1.82, 2.24) is 9.88 Å². The third-order valence-corrected chi connectivity index (χ3v) is 5.70. The van der Waals surface area contributed by atoms with Crippen LogP contribution >= 0.6 is 11.3 Å². The zero-order valence-electron chi connectivity index (χ0n) is 15.2. The Hall–Kier alpha value is -1.96. The van der Waals surface area contributed by atoms with Crippen LogP contribution in [0.2, 0.25) is 0 Å². The van der Waals surface area contributed by atoms with E-state index in [9.17, 15) is 14.4 Å². The van der Waals surface area contributed by atoms with Crippen molar-refractivity contribution in [2.45, 2.75) is 64.5 Å². The first kappa shape index (κ1) is 18.8. The van der Waals surface area contributed by atoms with E-state index in [1.165, 1.54) is 11.3 Å². The van der Waals surface area contributed by atoms with E-state index >= 15 is 0 Å². The minimum absolute atomic E-state index is 0.00577. The standard InChI is InChI=1S/C18H25N3O4S/c1-11-4-3-5-12(2)21(11)15(22)9-25-16(23)8-14-10-26-18(19-14)20-17(24)13-6-7-13/h10-13H,3-9H2,1-2H3,(H,19,20,24)/t11-,12-/m1/s1. The summed E-state index contributed by atoms with van der Waals surface area (Å²) in [6.07, 6.45) is 4.94. The summed E-state index contributed by atoms with van der Waals surface area (Å²) in [4.78, 5) is 42.1. The number of carbonyl (C=O) groups excluding carboxylic acids is 3. The van der Waals surface area contributed by atoms with Crippen LogP contribution < -0.4 is 5.32 Å². The smallest absolute Gasteiger partial charge is 0.312 e. The maximum Gasteiger partial charge on any atom is 0.312 e. The highest BCUT2D eigenvalue weighted by Gasteiger charge is 2.30. The number of anilines is 1. The van der Waals surface area contributed by atoms with Gasteiger partial charge in [0.2, 0.25) is 5.91 Å². The van der Waals surface area contributed by atoms with Gasteiger partial charge in [-0.25, -0.2) is 4.98 Å². The fourth-order valence-electron chi connectivity index (χ4n) is 3.33. The van der Waals surface area contributed by atoms with Gasteiger partial charge >= 0.3 is 5.97 Å². The lowest BCUT2D eigenvalue weighted by Crippen LogP contribution is -2.49. The van der Waals surface area contributed by atoms with Crippen molar-refractivity contribution >= 4 is 34.3 Å². The van der Waals surface area contributed by atoms with Gasteiger partial charge in [-0.3, -0.25) is 14.4 Å². The Balaban J connectivity index is 1.44. The Morgan fingerprint density at radius 2 is 1.92 bits per heavy atom. The fourth-order valence-corrected chi connectivity index (χ4v) is 4.04. The Kier molecular flexibility index (Phi) is 5.90. The van der Waals surface area contributed by atoms with Crippen molar-refractivity contribution < 1.29 is 19.1 Å². The van der Waals surface area contributed by atoms with Gasteiger partial charge in [0.15, 0.2) is 11.7 Å². The van der Waals surface area contributed by atoms with Gasteiger partial charge in [-0.15, -0.1) is 11.3 Å². The van der Waals surface area contributed by atoms with Gasteiger partial charge in [0.05, 0.1) is 12.1 Å². The second-order valence-corrected chi connectivity index (χ2v) is 8.03. The number of carbonyl (C=O) groups is 3. The molecule has 0 aromatic carbocycles. The van der Waals surface area contributed by atoms with E-state index in [0.29, 0.717) is 10.8 Å². The first-order chi connectivity index (χ1) is 12.4. The van der Waals surface area contributed by atoms with E-state index in [-0.39, 0.29) is 42.8 Å². The van der Waals surface area contributed by atoms with Crippen LogP contribution in [0.15, 0.2) is 5.38 Å². The van der Waals surface area contributed by atoms with Crippen LogP contribution in [0.1, 0.15) is 51.6 Å². The van der Waals surface area contributed by atoms with Gasteiger partial charge in [0, 0.05) is 23.4 Å². The van der Waals surface area contributed by atoms with Crippen LogP contribution in [0.3, 0.4) is 0 Å². The lowest BCUT2D eigenvalue weighted by atomic mass is 9.97. The molecule has 3 rings (SSSR count). The molecular formula is C18H25N3O4S. The summed E-state index contributed by atoms with van der Waals surface area (Å²) < 4.78 is 5.14. The summed E-state index contributed by atoms with van der Waals surface area (Å²) in [5.74, 6) is -0.531. The first-order valence-corrected chi connectivity index (χ1v) is 10.0. The average Bonchev–Trinajstić information content (AvgIpc) is 3.35. The molecule has 1 aliphatic heterocycles. The van der Waals surface area contributed by atoms with Crippen molar-refractivity contribution in [3.63, 3.8) is 0 Å². The average molecular weight is 379 g/mol. The number of esters is 1. The molecule has 2 atom stereocenters. The largest absolute Gasteiger partial charge is 0.455 e. The number of piperidine rings is 1. The van der Waals surface area contributed by atoms with Crippen molar-refractivity contribution in [3.8, 4) is 0 Å². The molecule has 0 radical (unpaired) electrons. The summed E-state index contributed by atoms with van der Waals surface area (Å²) in [6, 6.07) is 0.363. The molecule has 1 saturated heterocycles. The predicted octanol–water partition coefficient (Wildman–Crippen LogP) is 2.37. The number of ether oxygens (including phenoxy) is 1. The number of hydrogen-bond donors (Lipinski definition) is 1. The molecule has 2 heterocycles. The van der Waals surface area contributed by atoms with Gasteiger partial charge < -0.3 is 15.0 Å². The van der Waals surface area contributed by atoms with Crippen LogP contribution in [-0.2, 0) is 25.5 Å². The van der Waals surface area contributed by atoms with Gasteiger partial charge in [0.1, 0.15) is 0 Å². The second-order valence-electron chi connectivity index (χ2n) is 7.17. The minimum Gasteiger partial charge on any atom is -0.455 e. The highest BCUT2D eigenvalue weighted by atomic mass is 32.1. The second kappa shape index (κ2) is 8.16. The number of amides is 2. The van der Waals surface area contributed by atoms with E-state index in [2.05, 4.69) is 10.3 Å². The molecule has 7 nitrogen and oxygen atoms in total. The first-order valence-electron chi connectivity index (χ1n) is 9.16. The number of nitrogens with one attached hydrogen (secondary N) is 1. The molecule has 0 spiro atoms. The van der Waals surface area contributed by atoms with Crippen molar-refractivity contribution in [2.75, 3.05) is 11.9 Å². The van der Waals surface area contributed by atoms with E-state index in [0.717, 1.165) is 32.1 Å². The number of likely N-dealkylation sites (tertiary alicyclic amines) is 1. The van der Waals surface area contributed by atoms with E-state index in [4.69, 9.17) is 4.74 Å². The van der Waals surface area contributed by atoms with Crippen LogP contribution in [-0.4, -0.2) is 46.4 Å². The molecular weight excluding hydrogens is 354 g/mol. The van der Waals surface area contributed by atoms with E-state index in [1.54, 1.807) is 5.38 Å². The van der Waals surface area contributed by atoms with Gasteiger partial charge in [-0.05, 0) is 46.0 Å². The van der Waals surface area contributed by atoms with E-state index < -0.39 is 5.97 Å². The van der Waals surface area contributed by atoms with Gasteiger partial charge in [-0.1, -0.05) is 0 Å². The normalized spacial score (nSPS) is 22.8. The molecule has 8 heteroatoms. The predicted molar refractivity (Wildman–Crippen MR) is 97.8 cm³/mol. The maximum atomic E-state index is 12.4. The summed E-state index contributed by atoms with van der Waals surface area (Å²) in [5.41, 5.74) is 0.540. The van der Waals surface area contributed by atoms with Crippen LogP contribution in [0.5, 0.6) is 0 Å². The van der Waals surface area contributed by atoms with Crippen LogP contribution in [0.25, 0.3) is 0 Å². The molecule has 26 heavy (non-hydrogen) atoms. The summed E-state index contributed by atoms with van der Waals surface area (Å²) in [7, 11) is 0. The number of nitrogens with zero attached hydrogens (tertiary/aromatic N) is 2. The molecule has 2 fully saturated rings. The van der Waals surface area contributed by atoms with Crippen molar-refractivity contribution in [1.29, 1.82) is 0 Å². The van der Waals surface area contributed by atoms with Crippen molar-refractivity contribution in [2.24, 2.45) is 5.92 Å². The quantitative estimate of drug-likeness (QED) is 0.767. The number of aromatic nitrogens is 1. The lowest BCUT2D eigenvalue weighted by Gasteiger charge is -2.38.